The number of halogens is 2. The third-order valence-corrected chi connectivity index (χ3v) is 2.63. The third-order valence-electron chi connectivity index (χ3n) is 2.63. The van der Waals surface area contributed by atoms with Crippen LogP contribution in [0.25, 0.3) is 0 Å². The Morgan fingerprint density at radius 2 is 1.38 bits per heavy atom. The number of Topliss-reactive ketones (excluding diaryl/α,β-unsaturated/α-hetero) is 2. The lowest BCUT2D eigenvalue weighted by Crippen LogP contribution is -2.15. The number of nitrogens with two attached hydrogens (primary N) is 2. The van der Waals surface area contributed by atoms with Crippen LogP contribution < -0.4 is 11.5 Å². The highest BCUT2D eigenvalue weighted by Crippen LogP contribution is 1.95. The molecule has 10 heteroatoms. The molecule has 0 aromatic rings. The van der Waals surface area contributed by atoms with Crippen LogP contribution in [0.3, 0.4) is 0 Å². The second-order valence-electron chi connectivity index (χ2n) is 4.77. The summed E-state index contributed by atoms with van der Waals surface area (Å²) in [5.74, 6) is -1.62. The van der Waals surface area contributed by atoms with Gasteiger partial charge in [-0.15, -0.1) is 24.8 Å². The molecule has 0 fully saturated rings. The van der Waals surface area contributed by atoms with E-state index in [4.69, 9.17) is 21.3 Å². The van der Waals surface area contributed by atoms with E-state index in [9.17, 15) is 19.2 Å². The Balaban J connectivity index is -0.000000192. The normalized spacial score (nSPS) is 9.19. The average Bonchev–Trinajstić information content (AvgIpc) is 2.57. The second kappa shape index (κ2) is 23.5. The number of hydrogen-bond acceptors (Lipinski definition) is 7. The predicted molar refractivity (Wildman–Crippen MR) is 104 cm³/mol. The second-order valence-corrected chi connectivity index (χ2v) is 4.77. The minimum absolute atomic E-state index is 0. The van der Waals surface area contributed by atoms with Crippen molar-refractivity contribution in [2.75, 3.05) is 19.7 Å². The lowest BCUT2D eigenvalue weighted by Gasteiger charge is -2.01. The summed E-state index contributed by atoms with van der Waals surface area (Å²) in [6, 6.07) is 0. The number of rotatable bonds is 12. The molecule has 0 saturated heterocycles. The molecule has 0 amide bonds. The summed E-state index contributed by atoms with van der Waals surface area (Å²) in [6.07, 6.45) is 5.95. The fourth-order valence-corrected chi connectivity index (χ4v) is 1.29. The zero-order valence-electron chi connectivity index (χ0n) is 15.0. The topological polar surface area (TPSA) is 150 Å². The van der Waals surface area contributed by atoms with Crippen molar-refractivity contribution in [2.24, 2.45) is 11.5 Å². The predicted octanol–water partition coefficient (Wildman–Crippen LogP) is 1.42. The number of carboxylic acids is 1. The first-order valence-electron chi connectivity index (χ1n) is 7.83. The summed E-state index contributed by atoms with van der Waals surface area (Å²) in [4.78, 5) is 42.0. The van der Waals surface area contributed by atoms with Crippen LogP contribution in [0.5, 0.6) is 0 Å². The highest BCUT2D eigenvalue weighted by Gasteiger charge is 2.05. The van der Waals surface area contributed by atoms with Gasteiger partial charge >= 0.3 is 11.9 Å². The van der Waals surface area contributed by atoms with E-state index in [2.05, 4.69) is 0 Å². The van der Waals surface area contributed by atoms with E-state index in [0.29, 0.717) is 6.61 Å². The summed E-state index contributed by atoms with van der Waals surface area (Å²) < 4.78 is 4.90. The fraction of sp³-hybridized carbons (Fsp3) is 0.625. The molecular formula is C16H30Cl2N2O6. The van der Waals surface area contributed by atoms with Crippen LogP contribution in [-0.2, 0) is 23.9 Å². The first-order valence-corrected chi connectivity index (χ1v) is 7.83. The number of carboxylic acid groups (broad SMARTS) is 1. The van der Waals surface area contributed by atoms with E-state index in [1.54, 1.807) is 0 Å². The molecule has 0 atom stereocenters. The van der Waals surface area contributed by atoms with Crippen molar-refractivity contribution in [1.29, 1.82) is 0 Å². The van der Waals surface area contributed by atoms with Crippen molar-refractivity contribution in [1.82, 2.24) is 0 Å². The maximum atomic E-state index is 11.1. The maximum absolute atomic E-state index is 11.1. The zero-order valence-corrected chi connectivity index (χ0v) is 16.6. The van der Waals surface area contributed by atoms with Gasteiger partial charge in [-0.3, -0.25) is 19.2 Å². The molecule has 8 nitrogen and oxygen atoms in total. The van der Waals surface area contributed by atoms with Gasteiger partial charge in [0, 0.05) is 12.8 Å². The fourth-order valence-electron chi connectivity index (χ4n) is 1.29. The maximum Gasteiger partial charge on any atom is 0.306 e. The molecule has 0 aromatic carbocycles. The van der Waals surface area contributed by atoms with E-state index in [-0.39, 0.29) is 81.1 Å². The summed E-state index contributed by atoms with van der Waals surface area (Å²) in [6.45, 7) is 2.35. The summed E-state index contributed by atoms with van der Waals surface area (Å²) in [7, 11) is 0. The molecule has 26 heavy (non-hydrogen) atoms. The molecule has 0 spiro atoms. The first-order chi connectivity index (χ1) is 11.4. The smallest absolute Gasteiger partial charge is 0.306 e. The highest BCUT2D eigenvalue weighted by molar-refractivity contribution is 5.86. The molecule has 0 aliphatic carbocycles. The number of aliphatic carboxylic acids is 1. The lowest BCUT2D eigenvalue weighted by molar-refractivity contribution is -0.144. The number of carbonyl (C=O) groups is 4. The van der Waals surface area contributed by atoms with E-state index in [1.165, 1.54) is 0 Å². The van der Waals surface area contributed by atoms with Gasteiger partial charge in [0.25, 0.3) is 0 Å². The molecule has 0 rings (SSSR count). The van der Waals surface area contributed by atoms with Gasteiger partial charge in [-0.25, -0.2) is 0 Å². The molecular weight excluding hydrogens is 387 g/mol. The lowest BCUT2D eigenvalue weighted by atomic mass is 10.2. The van der Waals surface area contributed by atoms with Gasteiger partial charge in [-0.05, 0) is 12.8 Å². The SMILES string of the molecule is CC/C=C\CCOC(=O)CCC(=O)CN.Cl.Cl.NCC(=O)CCC(=O)O. The van der Waals surface area contributed by atoms with E-state index in [1.807, 2.05) is 19.1 Å². The average molecular weight is 417 g/mol. The van der Waals surface area contributed by atoms with Crippen LogP contribution >= 0.6 is 24.8 Å². The van der Waals surface area contributed by atoms with Gasteiger partial charge in [0.1, 0.15) is 11.6 Å². The largest absolute Gasteiger partial charge is 0.481 e. The Bertz CT molecular complexity index is 431. The molecule has 0 aromatic heterocycles. The summed E-state index contributed by atoms with van der Waals surface area (Å²) >= 11 is 0. The molecule has 0 saturated carbocycles. The molecule has 0 aliphatic rings. The molecule has 0 unspecified atom stereocenters. The van der Waals surface area contributed by atoms with Crippen molar-refractivity contribution >= 4 is 48.3 Å². The number of hydrogen-bond donors (Lipinski definition) is 3. The Morgan fingerprint density at radius 3 is 1.81 bits per heavy atom. The minimum Gasteiger partial charge on any atom is -0.481 e. The molecule has 0 heterocycles. The number of allylic oxidation sites excluding steroid dienone is 1. The minimum atomic E-state index is -0.961. The number of carbonyl (C=O) groups excluding carboxylic acids is 3. The standard InChI is InChI=1S/C11H19NO3.C5H9NO3.2ClH/c1-2-3-4-5-8-15-11(14)7-6-10(13)9-12;6-3-4(7)1-2-5(8)9;;/h3-4H,2,5-9,12H2,1H3;1-3,6H2,(H,8,9);2*1H/b4-3-;;;. The molecule has 154 valence electrons. The Kier molecular flexibility index (Phi) is 29.1. The third kappa shape index (κ3) is 27.4. The van der Waals surface area contributed by atoms with Crippen LogP contribution in [0.2, 0.25) is 0 Å². The van der Waals surface area contributed by atoms with E-state index >= 15 is 0 Å². The molecule has 0 bridgehead atoms. The van der Waals surface area contributed by atoms with Crippen LogP contribution in [0.4, 0.5) is 0 Å². The van der Waals surface area contributed by atoms with E-state index in [0.717, 1.165) is 12.8 Å². The quantitative estimate of drug-likeness (QED) is 0.245. The van der Waals surface area contributed by atoms with Crippen LogP contribution in [0.15, 0.2) is 12.2 Å². The first kappa shape index (κ1) is 32.2. The summed E-state index contributed by atoms with van der Waals surface area (Å²) in [5.41, 5.74) is 10.0. The van der Waals surface area contributed by atoms with Gasteiger partial charge < -0.3 is 21.3 Å². The van der Waals surface area contributed by atoms with Crippen LogP contribution in [0.1, 0.15) is 45.4 Å². The molecule has 0 radical (unpaired) electrons. The number of ketones is 2. The van der Waals surface area contributed by atoms with Gasteiger partial charge in [-0.2, -0.15) is 0 Å². The van der Waals surface area contributed by atoms with Crippen molar-refractivity contribution in [2.45, 2.75) is 45.4 Å². The Labute approximate surface area is 166 Å². The molecule has 0 aliphatic heterocycles. The van der Waals surface area contributed by atoms with Gasteiger partial charge in [0.15, 0.2) is 0 Å². The molecule has 5 N–H and O–H groups in total. The number of esters is 1. The zero-order chi connectivity index (χ0) is 18.8. The Morgan fingerprint density at radius 1 is 0.885 bits per heavy atom. The van der Waals surface area contributed by atoms with Gasteiger partial charge in [-0.1, -0.05) is 19.1 Å². The highest BCUT2D eigenvalue weighted by atomic mass is 35.5. The Hall–Kier alpha value is -1.48. The van der Waals surface area contributed by atoms with Crippen LogP contribution in [-0.4, -0.2) is 48.3 Å². The van der Waals surface area contributed by atoms with Crippen molar-refractivity contribution in [3.63, 3.8) is 0 Å². The number of ether oxygens (including phenoxy) is 1. The summed E-state index contributed by atoms with van der Waals surface area (Å²) in [5, 5.41) is 8.06. The van der Waals surface area contributed by atoms with E-state index < -0.39 is 5.97 Å². The monoisotopic (exact) mass is 416 g/mol. The van der Waals surface area contributed by atoms with Crippen molar-refractivity contribution < 1.29 is 29.0 Å². The van der Waals surface area contributed by atoms with Gasteiger partial charge in [0.05, 0.1) is 32.5 Å². The van der Waals surface area contributed by atoms with Gasteiger partial charge in [0.2, 0.25) is 0 Å². The van der Waals surface area contributed by atoms with Crippen LogP contribution in [0, 0.1) is 0 Å². The van der Waals surface area contributed by atoms with Crippen molar-refractivity contribution in [3.8, 4) is 0 Å². The van der Waals surface area contributed by atoms with Crippen molar-refractivity contribution in [3.05, 3.63) is 12.2 Å².